The van der Waals surface area contributed by atoms with Crippen LogP contribution in [0.3, 0.4) is 0 Å². The molecule has 0 saturated carbocycles. The lowest BCUT2D eigenvalue weighted by Gasteiger charge is -2.00. The minimum absolute atomic E-state index is 0.833. The van der Waals surface area contributed by atoms with Gasteiger partial charge >= 0.3 is 11.9 Å². The Morgan fingerprint density at radius 1 is 0.652 bits per heavy atom. The van der Waals surface area contributed by atoms with Crippen LogP contribution in [0.25, 0.3) is 0 Å². The Kier molecular flexibility index (Phi) is 29.0. The van der Waals surface area contributed by atoms with E-state index in [4.69, 9.17) is 10.2 Å². The summed E-state index contributed by atoms with van der Waals surface area (Å²) in [6.07, 6.45) is 17.6. The Bertz CT molecular complexity index is 257. The fraction of sp³-hybridized carbons (Fsp3) is 0.684. The molecule has 0 amide bonds. The number of unbranched alkanes of at least 4 members (excludes halogenated alkanes) is 10. The van der Waals surface area contributed by atoms with Crippen LogP contribution in [-0.2, 0) is 9.59 Å². The Balaban J connectivity index is -0.000000329. The highest BCUT2D eigenvalue weighted by atomic mass is 16.4. The molecule has 4 heteroatoms. The van der Waals surface area contributed by atoms with Crippen LogP contribution in [0.4, 0.5) is 0 Å². The lowest BCUT2D eigenvalue weighted by Crippen LogP contribution is -1.82. The smallest absolute Gasteiger partial charge is 0.327 e. The van der Waals surface area contributed by atoms with E-state index in [9.17, 15) is 9.59 Å². The summed E-state index contributed by atoms with van der Waals surface area (Å²) < 4.78 is 0. The zero-order valence-corrected chi connectivity index (χ0v) is 15.1. The monoisotopic (exact) mass is 328 g/mol. The topological polar surface area (TPSA) is 74.6 Å². The second-order valence-corrected chi connectivity index (χ2v) is 5.27. The number of hydrogen-bond acceptors (Lipinski definition) is 2. The molecule has 136 valence electrons. The lowest BCUT2D eigenvalue weighted by molar-refractivity contribution is -0.132. The Hall–Kier alpha value is -1.58. The number of carboxylic acids is 2. The lowest BCUT2D eigenvalue weighted by atomic mass is 10.1. The minimum atomic E-state index is -0.981. The van der Waals surface area contributed by atoms with Gasteiger partial charge in [0.2, 0.25) is 0 Å². The van der Waals surface area contributed by atoms with Gasteiger partial charge in [0.05, 0.1) is 0 Å². The number of carboxylic acid groups (broad SMARTS) is 2. The molecule has 0 aliphatic heterocycles. The maximum atomic E-state index is 9.25. The van der Waals surface area contributed by atoms with Crippen molar-refractivity contribution in [2.45, 2.75) is 84.5 Å². The second kappa shape index (κ2) is 25.4. The van der Waals surface area contributed by atoms with Crippen molar-refractivity contribution >= 4 is 11.9 Å². The minimum Gasteiger partial charge on any atom is -0.478 e. The van der Waals surface area contributed by atoms with Gasteiger partial charge in [-0.25, -0.2) is 9.59 Å². The molecular weight excluding hydrogens is 292 g/mol. The third-order valence-corrected chi connectivity index (χ3v) is 3.06. The van der Waals surface area contributed by atoms with Crippen molar-refractivity contribution < 1.29 is 19.8 Å². The Morgan fingerprint density at radius 3 is 0.957 bits per heavy atom. The third-order valence-electron chi connectivity index (χ3n) is 3.06. The molecule has 0 aliphatic carbocycles. The van der Waals surface area contributed by atoms with Gasteiger partial charge in [-0.1, -0.05) is 97.6 Å². The summed E-state index contributed by atoms with van der Waals surface area (Å²) in [5.74, 6) is -1.96. The van der Waals surface area contributed by atoms with Crippen LogP contribution in [-0.4, -0.2) is 22.2 Å². The van der Waals surface area contributed by atoms with Crippen LogP contribution in [0.1, 0.15) is 84.5 Å². The van der Waals surface area contributed by atoms with E-state index in [1.165, 1.54) is 70.6 Å². The summed E-state index contributed by atoms with van der Waals surface area (Å²) in [6, 6.07) is 0. The van der Waals surface area contributed by atoms with Gasteiger partial charge < -0.3 is 10.2 Å². The van der Waals surface area contributed by atoms with Crippen LogP contribution in [0.5, 0.6) is 0 Å². The molecule has 0 aromatic carbocycles. The zero-order chi connectivity index (χ0) is 18.3. The molecule has 0 rings (SSSR count). The first kappa shape index (κ1) is 26.3. The third kappa shape index (κ3) is 44.9. The second-order valence-electron chi connectivity index (χ2n) is 5.27. The van der Waals surface area contributed by atoms with Gasteiger partial charge in [-0.15, -0.1) is 0 Å². The number of aliphatic carboxylic acids is 2. The number of carbonyl (C=O) groups is 2. The molecule has 2 N–H and O–H groups in total. The van der Waals surface area contributed by atoms with E-state index in [2.05, 4.69) is 27.0 Å². The molecule has 0 aliphatic rings. The molecular formula is C19H36O4. The van der Waals surface area contributed by atoms with Gasteiger partial charge in [-0.3, -0.25) is 0 Å². The van der Waals surface area contributed by atoms with E-state index in [1.807, 2.05) is 0 Å². The molecule has 0 unspecified atom stereocenters. The van der Waals surface area contributed by atoms with Crippen molar-refractivity contribution in [3.05, 3.63) is 25.3 Å². The molecule has 0 aromatic rings. The first-order valence-electron chi connectivity index (χ1n) is 8.66. The fourth-order valence-corrected chi connectivity index (χ4v) is 1.74. The van der Waals surface area contributed by atoms with Gasteiger partial charge in [0, 0.05) is 12.2 Å². The first-order valence-corrected chi connectivity index (χ1v) is 8.66. The predicted molar refractivity (Wildman–Crippen MR) is 97.8 cm³/mol. The normalized spacial score (nSPS) is 8.78. The molecule has 0 radical (unpaired) electrons. The zero-order valence-electron chi connectivity index (χ0n) is 15.1. The summed E-state index contributed by atoms with van der Waals surface area (Å²) >= 11 is 0. The molecule has 0 bridgehead atoms. The summed E-state index contributed by atoms with van der Waals surface area (Å²) in [7, 11) is 0. The molecule has 0 heterocycles. The number of rotatable bonds is 12. The van der Waals surface area contributed by atoms with Crippen LogP contribution in [0, 0.1) is 0 Å². The molecule has 4 nitrogen and oxygen atoms in total. The average molecular weight is 328 g/mol. The van der Waals surface area contributed by atoms with Crippen molar-refractivity contribution in [2.24, 2.45) is 0 Å². The van der Waals surface area contributed by atoms with Crippen LogP contribution in [0.15, 0.2) is 25.3 Å². The summed E-state index contributed by atoms with van der Waals surface area (Å²) in [5, 5.41) is 15.2. The molecule has 0 saturated heterocycles. The molecule has 23 heavy (non-hydrogen) atoms. The van der Waals surface area contributed by atoms with Gasteiger partial charge in [0.15, 0.2) is 0 Å². The SMILES string of the molecule is C=CC(=O)O.C=CC(=O)O.CCCCCCCCCCCCC. The van der Waals surface area contributed by atoms with Gasteiger partial charge in [-0.05, 0) is 0 Å². The van der Waals surface area contributed by atoms with E-state index < -0.39 is 11.9 Å². The van der Waals surface area contributed by atoms with Crippen molar-refractivity contribution in [3.8, 4) is 0 Å². The van der Waals surface area contributed by atoms with E-state index in [-0.39, 0.29) is 0 Å². The van der Waals surface area contributed by atoms with Crippen molar-refractivity contribution in [3.63, 3.8) is 0 Å². The highest BCUT2D eigenvalue weighted by Crippen LogP contribution is 2.10. The van der Waals surface area contributed by atoms with Crippen molar-refractivity contribution in [1.29, 1.82) is 0 Å². The first-order chi connectivity index (χ1) is 11.0. The highest BCUT2D eigenvalue weighted by Gasteiger charge is 1.91. The Labute approximate surface area is 142 Å². The molecule has 0 spiro atoms. The average Bonchev–Trinajstić information content (AvgIpc) is 2.54. The van der Waals surface area contributed by atoms with E-state index in [0.29, 0.717) is 0 Å². The summed E-state index contributed by atoms with van der Waals surface area (Å²) in [4.78, 5) is 18.5. The van der Waals surface area contributed by atoms with E-state index in [1.54, 1.807) is 0 Å². The van der Waals surface area contributed by atoms with Gasteiger partial charge in [0.1, 0.15) is 0 Å². The standard InChI is InChI=1S/C13H28.2C3H4O2/c1-3-5-7-9-11-13-12-10-8-6-4-2;2*1-2-3(4)5/h3-13H2,1-2H3;2*2H,1H2,(H,4,5). The van der Waals surface area contributed by atoms with E-state index in [0.717, 1.165) is 12.2 Å². The maximum absolute atomic E-state index is 9.25. The number of hydrogen-bond donors (Lipinski definition) is 2. The van der Waals surface area contributed by atoms with Gasteiger partial charge in [0.25, 0.3) is 0 Å². The Morgan fingerprint density at radius 2 is 0.826 bits per heavy atom. The van der Waals surface area contributed by atoms with Crippen molar-refractivity contribution in [1.82, 2.24) is 0 Å². The van der Waals surface area contributed by atoms with Crippen molar-refractivity contribution in [2.75, 3.05) is 0 Å². The summed E-state index contributed by atoms with van der Waals surface area (Å²) in [6.45, 7) is 10.5. The van der Waals surface area contributed by atoms with Crippen LogP contribution < -0.4 is 0 Å². The molecule has 0 atom stereocenters. The molecule has 0 aromatic heterocycles. The predicted octanol–water partition coefficient (Wildman–Crippen LogP) is 5.83. The van der Waals surface area contributed by atoms with Crippen LogP contribution >= 0.6 is 0 Å². The molecule has 0 fully saturated rings. The highest BCUT2D eigenvalue weighted by molar-refractivity contribution is 5.79. The maximum Gasteiger partial charge on any atom is 0.327 e. The fourth-order valence-electron chi connectivity index (χ4n) is 1.74. The van der Waals surface area contributed by atoms with Gasteiger partial charge in [-0.2, -0.15) is 0 Å². The quantitative estimate of drug-likeness (QED) is 0.349. The van der Waals surface area contributed by atoms with E-state index >= 15 is 0 Å². The largest absolute Gasteiger partial charge is 0.478 e. The summed E-state index contributed by atoms with van der Waals surface area (Å²) in [5.41, 5.74) is 0. The van der Waals surface area contributed by atoms with Crippen LogP contribution in [0.2, 0.25) is 0 Å².